The van der Waals surface area contributed by atoms with Crippen molar-refractivity contribution in [1.29, 1.82) is 0 Å². The molecule has 0 bridgehead atoms. The van der Waals surface area contributed by atoms with Crippen LogP contribution in [0.2, 0.25) is 15.1 Å². The monoisotopic (exact) mass is 424 g/mol. The van der Waals surface area contributed by atoms with Gasteiger partial charge in [0.05, 0.1) is 26.3 Å². The van der Waals surface area contributed by atoms with Crippen molar-refractivity contribution >= 4 is 57.7 Å². The van der Waals surface area contributed by atoms with Crippen LogP contribution >= 0.6 is 46.1 Å². The third kappa shape index (κ3) is 4.21. The van der Waals surface area contributed by atoms with E-state index < -0.39 is 0 Å². The van der Waals surface area contributed by atoms with E-state index in [0.717, 1.165) is 16.3 Å². The molecule has 1 N–H and O–H groups in total. The minimum absolute atomic E-state index is 0.293. The van der Waals surface area contributed by atoms with Gasteiger partial charge in [0.25, 0.3) is 5.91 Å². The molecule has 1 aromatic heterocycles. The molecule has 1 amide bonds. The molecule has 1 heterocycles. The lowest BCUT2D eigenvalue weighted by Crippen LogP contribution is -2.12. The van der Waals surface area contributed by atoms with Gasteiger partial charge in [0.15, 0.2) is 0 Å². The molecular weight excluding hydrogens is 411 g/mol. The van der Waals surface area contributed by atoms with Gasteiger partial charge in [0.2, 0.25) is 0 Å². The number of hydrogen-bond acceptors (Lipinski definition) is 3. The minimum atomic E-state index is -0.328. The quantitative estimate of drug-likeness (QED) is 0.482. The molecule has 0 saturated carbocycles. The summed E-state index contributed by atoms with van der Waals surface area (Å²) in [6, 6.07) is 10.1. The molecule has 0 saturated heterocycles. The topological polar surface area (TPSA) is 42.0 Å². The predicted molar refractivity (Wildman–Crippen MR) is 111 cm³/mol. The summed E-state index contributed by atoms with van der Waals surface area (Å²) in [4.78, 5) is 17.0. The Morgan fingerprint density at radius 2 is 1.85 bits per heavy atom. The van der Waals surface area contributed by atoms with Crippen LogP contribution in [0.25, 0.3) is 11.3 Å². The Morgan fingerprint density at radius 3 is 2.46 bits per heavy atom. The van der Waals surface area contributed by atoms with Gasteiger partial charge in [-0.3, -0.25) is 4.79 Å². The van der Waals surface area contributed by atoms with Crippen molar-refractivity contribution in [3.05, 3.63) is 67.4 Å². The maximum atomic E-state index is 12.4. The smallest absolute Gasteiger partial charge is 0.257 e. The molecule has 0 aliphatic heterocycles. The average Bonchev–Trinajstić information content (AvgIpc) is 3.04. The van der Waals surface area contributed by atoms with Crippen LogP contribution in [-0.2, 0) is 0 Å². The maximum absolute atomic E-state index is 12.4. The van der Waals surface area contributed by atoms with Crippen molar-refractivity contribution in [1.82, 2.24) is 4.98 Å². The predicted octanol–water partition coefficient (Wildman–Crippen LogP) is 7.15. The Balaban J connectivity index is 1.81. The van der Waals surface area contributed by atoms with E-state index in [4.69, 9.17) is 34.8 Å². The van der Waals surface area contributed by atoms with Crippen molar-refractivity contribution in [3.63, 3.8) is 0 Å². The van der Waals surface area contributed by atoms with Gasteiger partial charge >= 0.3 is 0 Å². The summed E-state index contributed by atoms with van der Waals surface area (Å²) in [5, 5.41) is 7.13. The van der Waals surface area contributed by atoms with Gasteiger partial charge in [-0.1, -0.05) is 48.7 Å². The molecule has 0 radical (unpaired) electrons. The van der Waals surface area contributed by atoms with Crippen LogP contribution in [0.3, 0.4) is 0 Å². The third-order valence-electron chi connectivity index (χ3n) is 3.69. The number of nitrogens with zero attached hydrogens (tertiary/aromatic N) is 1. The van der Waals surface area contributed by atoms with Crippen LogP contribution < -0.4 is 5.32 Å². The molecule has 3 aromatic rings. The number of halogens is 3. The van der Waals surface area contributed by atoms with E-state index in [9.17, 15) is 4.79 Å². The van der Waals surface area contributed by atoms with Crippen LogP contribution in [-0.4, -0.2) is 10.9 Å². The van der Waals surface area contributed by atoms with Crippen LogP contribution in [0.15, 0.2) is 41.8 Å². The second-order valence-corrected chi connectivity index (χ2v) is 8.14. The molecule has 134 valence electrons. The number of anilines is 1. The normalized spacial score (nSPS) is 11.0. The van der Waals surface area contributed by atoms with E-state index in [-0.39, 0.29) is 5.91 Å². The van der Waals surface area contributed by atoms with Crippen LogP contribution in [0.5, 0.6) is 0 Å². The van der Waals surface area contributed by atoms with Gasteiger partial charge in [0, 0.05) is 27.6 Å². The standard InChI is InChI=1S/C19H15Cl3N2OS/c1-10(2)19-24-17(9-26-19)13-6-4-12(8-16(13)22)23-18(25)14-5-3-11(20)7-15(14)21/h3-10H,1-2H3,(H,23,25). The van der Waals surface area contributed by atoms with Crippen molar-refractivity contribution in [2.24, 2.45) is 0 Å². The Kier molecular flexibility index (Phi) is 5.88. The van der Waals surface area contributed by atoms with Gasteiger partial charge in [-0.05, 0) is 36.4 Å². The van der Waals surface area contributed by atoms with Gasteiger partial charge < -0.3 is 5.32 Å². The zero-order valence-electron chi connectivity index (χ0n) is 14.0. The highest BCUT2D eigenvalue weighted by Crippen LogP contribution is 2.33. The number of thiazole rings is 1. The second kappa shape index (κ2) is 7.97. The highest BCUT2D eigenvalue weighted by Gasteiger charge is 2.14. The average molecular weight is 426 g/mol. The van der Waals surface area contributed by atoms with E-state index >= 15 is 0 Å². The molecular formula is C19H15Cl3N2OS. The summed E-state index contributed by atoms with van der Waals surface area (Å²) >= 11 is 20.0. The summed E-state index contributed by atoms with van der Waals surface area (Å²) in [5.41, 5.74) is 2.59. The number of nitrogens with one attached hydrogen (secondary N) is 1. The maximum Gasteiger partial charge on any atom is 0.257 e. The molecule has 3 rings (SSSR count). The largest absolute Gasteiger partial charge is 0.322 e. The Morgan fingerprint density at radius 1 is 1.08 bits per heavy atom. The number of amides is 1. The summed E-state index contributed by atoms with van der Waals surface area (Å²) in [7, 11) is 0. The molecule has 0 atom stereocenters. The van der Waals surface area contributed by atoms with E-state index in [0.29, 0.717) is 32.2 Å². The molecule has 0 unspecified atom stereocenters. The Bertz CT molecular complexity index is 969. The lowest BCUT2D eigenvalue weighted by Gasteiger charge is -2.09. The van der Waals surface area contributed by atoms with Crippen molar-refractivity contribution < 1.29 is 4.79 Å². The van der Waals surface area contributed by atoms with Gasteiger partial charge in [-0.25, -0.2) is 4.98 Å². The number of aromatic nitrogens is 1. The molecule has 0 aliphatic carbocycles. The Hall–Kier alpha value is -1.59. The lowest BCUT2D eigenvalue weighted by atomic mass is 10.1. The molecule has 3 nitrogen and oxygen atoms in total. The Labute approximate surface area is 170 Å². The summed E-state index contributed by atoms with van der Waals surface area (Å²) in [6.45, 7) is 4.20. The van der Waals surface area contributed by atoms with Crippen molar-refractivity contribution in [2.75, 3.05) is 5.32 Å². The molecule has 0 spiro atoms. The molecule has 0 aliphatic rings. The highest BCUT2D eigenvalue weighted by molar-refractivity contribution is 7.10. The zero-order chi connectivity index (χ0) is 18.8. The van der Waals surface area contributed by atoms with Crippen LogP contribution in [0, 0.1) is 0 Å². The van der Waals surface area contributed by atoms with Crippen LogP contribution in [0.4, 0.5) is 5.69 Å². The van der Waals surface area contributed by atoms with Crippen LogP contribution in [0.1, 0.15) is 35.1 Å². The number of carbonyl (C=O) groups is 1. The summed E-state index contributed by atoms with van der Waals surface area (Å²) in [5.74, 6) is 0.0430. The van der Waals surface area contributed by atoms with Gasteiger partial charge in [-0.2, -0.15) is 0 Å². The third-order valence-corrected chi connectivity index (χ3v) is 5.70. The first kappa shape index (κ1) is 19.2. The molecule has 0 fully saturated rings. The minimum Gasteiger partial charge on any atom is -0.322 e. The number of hydrogen-bond donors (Lipinski definition) is 1. The lowest BCUT2D eigenvalue weighted by molar-refractivity contribution is 0.102. The fourth-order valence-corrected chi connectivity index (χ4v) is 3.96. The number of carbonyl (C=O) groups excluding carboxylic acids is 1. The van der Waals surface area contributed by atoms with E-state index in [1.54, 1.807) is 35.6 Å². The number of rotatable bonds is 4. The molecule has 26 heavy (non-hydrogen) atoms. The van der Waals surface area contributed by atoms with Gasteiger partial charge in [0.1, 0.15) is 0 Å². The zero-order valence-corrected chi connectivity index (χ0v) is 17.1. The first-order valence-corrected chi connectivity index (χ1v) is 9.88. The second-order valence-electron chi connectivity index (χ2n) is 6.00. The van der Waals surface area contributed by atoms with Gasteiger partial charge in [-0.15, -0.1) is 11.3 Å². The SMILES string of the molecule is CC(C)c1nc(-c2ccc(NC(=O)c3ccc(Cl)cc3Cl)cc2Cl)cs1. The van der Waals surface area contributed by atoms with E-state index in [1.165, 1.54) is 6.07 Å². The summed E-state index contributed by atoms with van der Waals surface area (Å²) in [6.07, 6.45) is 0. The van der Waals surface area contributed by atoms with Crippen molar-refractivity contribution in [3.8, 4) is 11.3 Å². The number of benzene rings is 2. The first-order valence-electron chi connectivity index (χ1n) is 7.87. The molecule has 2 aromatic carbocycles. The highest BCUT2D eigenvalue weighted by atomic mass is 35.5. The fourth-order valence-electron chi connectivity index (χ4n) is 2.35. The van der Waals surface area contributed by atoms with Crippen molar-refractivity contribution in [2.45, 2.75) is 19.8 Å². The summed E-state index contributed by atoms with van der Waals surface area (Å²) < 4.78 is 0. The first-order chi connectivity index (χ1) is 12.3. The van der Waals surface area contributed by atoms with E-state index in [2.05, 4.69) is 24.1 Å². The molecule has 7 heteroatoms. The fraction of sp³-hybridized carbons (Fsp3) is 0.158. The van der Waals surface area contributed by atoms with E-state index in [1.807, 2.05) is 11.4 Å².